The second-order valence-electron chi connectivity index (χ2n) is 5.93. The number of aliphatic hydroxyl groups is 1. The lowest BCUT2D eigenvalue weighted by Crippen LogP contribution is -2.50. The molecule has 1 saturated heterocycles. The number of ketones is 1. The molecule has 1 rings (SSSR count). The predicted molar refractivity (Wildman–Crippen MR) is 73.7 cm³/mol. The van der Waals surface area contributed by atoms with Crippen molar-refractivity contribution in [3.05, 3.63) is 0 Å². The number of piperazine rings is 1. The second kappa shape index (κ2) is 7.22. The van der Waals surface area contributed by atoms with Crippen LogP contribution in [0.1, 0.15) is 40.0 Å². The maximum atomic E-state index is 11.2. The van der Waals surface area contributed by atoms with Crippen molar-refractivity contribution in [2.24, 2.45) is 0 Å². The molecule has 0 radical (unpaired) electrons. The maximum absolute atomic E-state index is 11.2. The standard InChI is InChI=1S/C14H28N2O2/c1-4-13(17)6-5-7-15-8-10-16(11-9-15)12-14(2,3)18/h18H,4-12H2,1-3H3. The molecule has 0 aromatic rings. The number of hydrogen-bond acceptors (Lipinski definition) is 4. The molecule has 0 aliphatic carbocycles. The van der Waals surface area contributed by atoms with Gasteiger partial charge in [0.2, 0.25) is 0 Å². The van der Waals surface area contributed by atoms with Crippen molar-refractivity contribution in [1.82, 2.24) is 9.80 Å². The topological polar surface area (TPSA) is 43.8 Å². The van der Waals surface area contributed by atoms with E-state index >= 15 is 0 Å². The lowest BCUT2D eigenvalue weighted by atomic mass is 10.1. The van der Waals surface area contributed by atoms with Crippen molar-refractivity contribution in [3.8, 4) is 0 Å². The minimum Gasteiger partial charge on any atom is -0.389 e. The number of nitrogens with zero attached hydrogens (tertiary/aromatic N) is 2. The second-order valence-corrected chi connectivity index (χ2v) is 5.93. The van der Waals surface area contributed by atoms with Crippen molar-refractivity contribution >= 4 is 5.78 Å². The van der Waals surface area contributed by atoms with E-state index in [2.05, 4.69) is 9.80 Å². The number of carbonyl (C=O) groups excluding carboxylic acids is 1. The third-order valence-corrected chi connectivity index (χ3v) is 3.40. The Morgan fingerprint density at radius 1 is 1.17 bits per heavy atom. The summed E-state index contributed by atoms with van der Waals surface area (Å²) < 4.78 is 0. The summed E-state index contributed by atoms with van der Waals surface area (Å²) in [6.45, 7) is 11.6. The van der Waals surface area contributed by atoms with Crippen LogP contribution in [-0.4, -0.2) is 65.6 Å². The molecule has 1 N–H and O–H groups in total. The van der Waals surface area contributed by atoms with Crippen LogP contribution in [0, 0.1) is 0 Å². The molecule has 1 fully saturated rings. The van der Waals surface area contributed by atoms with Gasteiger partial charge in [-0.05, 0) is 26.8 Å². The predicted octanol–water partition coefficient (Wildman–Crippen LogP) is 1.13. The van der Waals surface area contributed by atoms with Gasteiger partial charge in [-0.3, -0.25) is 9.69 Å². The highest BCUT2D eigenvalue weighted by Crippen LogP contribution is 2.09. The van der Waals surface area contributed by atoms with Gasteiger partial charge in [0.1, 0.15) is 5.78 Å². The molecule has 0 atom stereocenters. The molecule has 0 bridgehead atoms. The smallest absolute Gasteiger partial charge is 0.132 e. The maximum Gasteiger partial charge on any atom is 0.132 e. The SMILES string of the molecule is CCC(=O)CCCN1CCN(CC(C)(C)O)CC1. The first-order valence-corrected chi connectivity index (χ1v) is 7.09. The molecular weight excluding hydrogens is 228 g/mol. The highest BCUT2D eigenvalue weighted by atomic mass is 16.3. The summed E-state index contributed by atoms with van der Waals surface area (Å²) in [6.07, 6.45) is 2.37. The van der Waals surface area contributed by atoms with Crippen LogP contribution in [0.3, 0.4) is 0 Å². The van der Waals surface area contributed by atoms with Crippen molar-refractivity contribution in [2.75, 3.05) is 39.3 Å². The minimum atomic E-state index is -0.601. The summed E-state index contributed by atoms with van der Waals surface area (Å²) in [5.74, 6) is 0.371. The fraction of sp³-hybridized carbons (Fsp3) is 0.929. The lowest BCUT2D eigenvalue weighted by Gasteiger charge is -2.37. The first-order valence-electron chi connectivity index (χ1n) is 7.09. The van der Waals surface area contributed by atoms with E-state index in [4.69, 9.17) is 0 Å². The Morgan fingerprint density at radius 3 is 2.22 bits per heavy atom. The summed E-state index contributed by atoms with van der Waals surface area (Å²) in [4.78, 5) is 15.9. The zero-order valence-corrected chi connectivity index (χ0v) is 12.1. The van der Waals surface area contributed by atoms with Gasteiger partial charge < -0.3 is 10.0 Å². The Balaban J connectivity index is 2.14. The van der Waals surface area contributed by atoms with Crippen LogP contribution in [0.25, 0.3) is 0 Å². The number of hydrogen-bond donors (Lipinski definition) is 1. The molecule has 4 heteroatoms. The van der Waals surface area contributed by atoms with E-state index in [0.29, 0.717) is 12.2 Å². The molecule has 4 nitrogen and oxygen atoms in total. The van der Waals surface area contributed by atoms with Crippen LogP contribution in [-0.2, 0) is 4.79 Å². The third kappa shape index (κ3) is 6.47. The molecule has 0 aromatic carbocycles. The van der Waals surface area contributed by atoms with Gasteiger partial charge >= 0.3 is 0 Å². The van der Waals surface area contributed by atoms with Crippen molar-refractivity contribution in [1.29, 1.82) is 0 Å². The zero-order valence-electron chi connectivity index (χ0n) is 12.1. The molecule has 1 heterocycles. The van der Waals surface area contributed by atoms with E-state index in [9.17, 15) is 9.90 Å². The van der Waals surface area contributed by atoms with Crippen LogP contribution in [0.2, 0.25) is 0 Å². The number of carbonyl (C=O) groups is 1. The van der Waals surface area contributed by atoms with Crippen LogP contribution >= 0.6 is 0 Å². The van der Waals surface area contributed by atoms with E-state index in [-0.39, 0.29) is 0 Å². The van der Waals surface area contributed by atoms with Crippen LogP contribution in [0.4, 0.5) is 0 Å². The Morgan fingerprint density at radius 2 is 1.72 bits per heavy atom. The Hall–Kier alpha value is -0.450. The van der Waals surface area contributed by atoms with Gasteiger partial charge in [-0.25, -0.2) is 0 Å². The fourth-order valence-corrected chi connectivity index (χ4v) is 2.39. The number of Topliss-reactive ketones (excluding diaryl/α,β-unsaturated/α-hetero) is 1. The monoisotopic (exact) mass is 256 g/mol. The summed E-state index contributed by atoms with van der Waals surface area (Å²) in [5.41, 5.74) is -0.601. The zero-order chi connectivity index (χ0) is 13.6. The first kappa shape index (κ1) is 15.6. The lowest BCUT2D eigenvalue weighted by molar-refractivity contribution is -0.118. The van der Waals surface area contributed by atoms with Crippen molar-refractivity contribution in [2.45, 2.75) is 45.6 Å². The highest BCUT2D eigenvalue weighted by molar-refractivity contribution is 5.77. The largest absolute Gasteiger partial charge is 0.389 e. The van der Waals surface area contributed by atoms with Gasteiger partial charge in [0.25, 0.3) is 0 Å². The molecule has 1 aliphatic heterocycles. The number of rotatable bonds is 7. The first-order chi connectivity index (χ1) is 8.40. The van der Waals surface area contributed by atoms with E-state index in [1.807, 2.05) is 20.8 Å². The molecule has 18 heavy (non-hydrogen) atoms. The summed E-state index contributed by atoms with van der Waals surface area (Å²) in [6, 6.07) is 0. The van der Waals surface area contributed by atoms with Gasteiger partial charge in [0, 0.05) is 45.6 Å². The molecule has 0 saturated carbocycles. The van der Waals surface area contributed by atoms with E-state index in [1.165, 1.54) is 0 Å². The Bertz CT molecular complexity index is 253. The Kier molecular flexibility index (Phi) is 6.26. The van der Waals surface area contributed by atoms with Crippen LogP contribution in [0.15, 0.2) is 0 Å². The van der Waals surface area contributed by atoms with Crippen LogP contribution < -0.4 is 0 Å². The summed E-state index contributed by atoms with van der Waals surface area (Å²) in [7, 11) is 0. The highest BCUT2D eigenvalue weighted by Gasteiger charge is 2.22. The molecule has 0 aromatic heterocycles. The van der Waals surface area contributed by atoms with E-state index < -0.39 is 5.60 Å². The molecule has 106 valence electrons. The fourth-order valence-electron chi connectivity index (χ4n) is 2.39. The van der Waals surface area contributed by atoms with Gasteiger partial charge in [-0.1, -0.05) is 6.92 Å². The molecule has 0 unspecified atom stereocenters. The van der Waals surface area contributed by atoms with Gasteiger partial charge in [0.05, 0.1) is 5.60 Å². The molecule has 1 aliphatic rings. The Labute approximate surface area is 111 Å². The minimum absolute atomic E-state index is 0.371. The van der Waals surface area contributed by atoms with E-state index in [1.54, 1.807) is 0 Å². The van der Waals surface area contributed by atoms with Crippen molar-refractivity contribution < 1.29 is 9.90 Å². The average molecular weight is 256 g/mol. The van der Waals surface area contributed by atoms with Gasteiger partial charge in [0.15, 0.2) is 0 Å². The number of β-amino-alcohol motifs (C(OH)–C–C–N with tert-alkyl or cyclic N) is 1. The van der Waals surface area contributed by atoms with E-state index in [0.717, 1.165) is 52.1 Å². The van der Waals surface area contributed by atoms with Crippen molar-refractivity contribution in [3.63, 3.8) is 0 Å². The molecular formula is C14H28N2O2. The summed E-state index contributed by atoms with van der Waals surface area (Å²) >= 11 is 0. The van der Waals surface area contributed by atoms with Gasteiger partial charge in [-0.15, -0.1) is 0 Å². The quantitative estimate of drug-likeness (QED) is 0.742. The molecule has 0 amide bonds. The van der Waals surface area contributed by atoms with Crippen LogP contribution in [0.5, 0.6) is 0 Å². The molecule has 0 spiro atoms. The average Bonchev–Trinajstić information content (AvgIpc) is 2.29. The third-order valence-electron chi connectivity index (χ3n) is 3.40. The normalized spacial score (nSPS) is 19.1. The summed E-state index contributed by atoms with van der Waals surface area (Å²) in [5, 5.41) is 9.77. The van der Waals surface area contributed by atoms with Gasteiger partial charge in [-0.2, -0.15) is 0 Å².